The number of hydrogen-bond acceptors (Lipinski definition) is 12. The van der Waals surface area contributed by atoms with E-state index in [2.05, 4.69) is 0 Å². The number of carboxylic acid groups (broad SMARTS) is 1. The highest BCUT2D eigenvalue weighted by atomic mass is 19.1. The number of aliphatic hydroxyl groups excluding tert-OH is 1. The summed E-state index contributed by atoms with van der Waals surface area (Å²) < 4.78 is 43.5. The van der Waals surface area contributed by atoms with Crippen LogP contribution in [0.15, 0.2) is 109 Å². The van der Waals surface area contributed by atoms with Gasteiger partial charge >= 0.3 is 24.1 Å². The molecule has 0 unspecified atom stereocenters. The Kier molecular flexibility index (Phi) is 19.8. The van der Waals surface area contributed by atoms with Crippen molar-refractivity contribution in [1.82, 2.24) is 9.80 Å². The van der Waals surface area contributed by atoms with Crippen LogP contribution in [-0.4, -0.2) is 105 Å². The molecule has 2 heterocycles. The Morgan fingerprint density at radius 2 is 1.06 bits per heavy atom. The number of non-ortho nitro benzene ring substituents is 2. The number of carboxylic acids is 1. The average molecular weight is 867 g/mol. The summed E-state index contributed by atoms with van der Waals surface area (Å²) >= 11 is 0. The van der Waals surface area contributed by atoms with Crippen LogP contribution in [-0.2, 0) is 27.4 Å². The summed E-state index contributed by atoms with van der Waals surface area (Å²) in [6.07, 6.45) is -4.70. The lowest BCUT2D eigenvalue weighted by Gasteiger charge is -2.25. The van der Waals surface area contributed by atoms with Crippen LogP contribution in [0.2, 0.25) is 0 Å². The van der Waals surface area contributed by atoms with E-state index in [0.717, 1.165) is 23.3 Å². The van der Waals surface area contributed by atoms with Gasteiger partial charge in [0.05, 0.1) is 34.1 Å². The van der Waals surface area contributed by atoms with Crippen molar-refractivity contribution in [2.24, 2.45) is 0 Å². The van der Waals surface area contributed by atoms with E-state index in [0.29, 0.717) is 25.9 Å². The first kappa shape index (κ1) is 49.3. The number of hydrogen-bond donors (Lipinski definition) is 2. The summed E-state index contributed by atoms with van der Waals surface area (Å²) in [7, 11) is 0. The first-order valence-electron chi connectivity index (χ1n) is 19.0. The number of aromatic carboxylic acids is 1. The molecule has 4 aromatic carbocycles. The molecule has 6 rings (SSSR count). The molecule has 2 fully saturated rings. The number of carbonyl (C=O) groups is 4. The molecule has 2 amide bonds. The van der Waals surface area contributed by atoms with Gasteiger partial charge in [-0.1, -0.05) is 68.1 Å². The van der Waals surface area contributed by atoms with Gasteiger partial charge in [0.25, 0.3) is 11.4 Å². The molecule has 2 aliphatic rings. The summed E-state index contributed by atoms with van der Waals surface area (Å²) in [4.78, 5) is 69.3. The maximum absolute atomic E-state index is 14.5. The molecule has 0 saturated carbocycles. The number of carbonyl (C=O) groups excluding carboxylic acids is 3. The van der Waals surface area contributed by atoms with Gasteiger partial charge in [-0.2, -0.15) is 0 Å². The second kappa shape index (κ2) is 24.9. The molecule has 332 valence electrons. The van der Waals surface area contributed by atoms with E-state index in [4.69, 9.17) is 19.3 Å². The van der Waals surface area contributed by atoms with E-state index in [1.807, 2.05) is 60.7 Å². The number of alkyl halides is 2. The molecule has 4 atom stereocenters. The zero-order chi connectivity index (χ0) is 44.3. The topological polar surface area (TPSA) is 229 Å². The number of likely N-dealkylation sites (tertiary alicyclic amines) is 2. The van der Waals surface area contributed by atoms with E-state index in [-0.39, 0.29) is 69.1 Å². The number of esters is 1. The van der Waals surface area contributed by atoms with Gasteiger partial charge in [0, 0.05) is 37.4 Å². The second-order valence-corrected chi connectivity index (χ2v) is 13.7. The predicted octanol–water partition coefficient (Wildman–Crippen LogP) is 7.94. The first-order valence-corrected chi connectivity index (χ1v) is 19.0. The monoisotopic (exact) mass is 866 g/mol. The van der Waals surface area contributed by atoms with Crippen LogP contribution in [0.25, 0.3) is 0 Å². The van der Waals surface area contributed by atoms with Gasteiger partial charge in [0.15, 0.2) is 6.10 Å². The van der Waals surface area contributed by atoms with E-state index in [1.165, 1.54) is 46.2 Å². The van der Waals surface area contributed by atoms with E-state index >= 15 is 0 Å². The summed E-state index contributed by atoms with van der Waals surface area (Å²) in [5, 5.41) is 38.8. The van der Waals surface area contributed by atoms with Crippen LogP contribution in [0, 0.1) is 20.2 Å². The SMILES string of the molecule is C.O=C(O)c1ccc([N+](=O)[O-])cc1.O=C(OCc1ccccc1)N1CCC[C@@H](F)[C@H](O)C1.O=C(O[C@H]1CN(C(=O)OCc2ccccc2)CCC[C@H]1F)c1ccc([N+](=O)[O-])cc1. The van der Waals surface area contributed by atoms with Crippen molar-refractivity contribution in [3.8, 4) is 0 Å². The maximum Gasteiger partial charge on any atom is 0.410 e. The van der Waals surface area contributed by atoms with Gasteiger partial charge in [0.1, 0.15) is 31.7 Å². The van der Waals surface area contributed by atoms with Crippen molar-refractivity contribution in [2.45, 2.75) is 70.9 Å². The zero-order valence-electron chi connectivity index (χ0n) is 32.7. The summed E-state index contributed by atoms with van der Waals surface area (Å²) in [5.41, 5.74) is 1.55. The Bertz CT molecular complexity index is 2030. The van der Waals surface area contributed by atoms with Crippen molar-refractivity contribution in [3.63, 3.8) is 0 Å². The Morgan fingerprint density at radius 1 is 0.645 bits per heavy atom. The van der Waals surface area contributed by atoms with Gasteiger partial charge in [0.2, 0.25) is 0 Å². The van der Waals surface area contributed by atoms with Gasteiger partial charge < -0.3 is 34.2 Å². The van der Waals surface area contributed by atoms with Crippen molar-refractivity contribution in [2.75, 3.05) is 26.2 Å². The van der Waals surface area contributed by atoms with E-state index in [1.54, 1.807) is 0 Å². The van der Waals surface area contributed by atoms with Crippen LogP contribution in [0.3, 0.4) is 0 Å². The second-order valence-electron chi connectivity index (χ2n) is 13.7. The number of β-amino-alcohol motifs (C(OH)–C–C–N with tert-alkyl or cyclic N) is 1. The van der Waals surface area contributed by atoms with Crippen molar-refractivity contribution in [1.29, 1.82) is 0 Å². The fraction of sp³-hybridized carbons (Fsp3) is 0.349. The van der Waals surface area contributed by atoms with Gasteiger partial charge in [-0.05, 0) is 61.1 Å². The fourth-order valence-corrected chi connectivity index (χ4v) is 5.90. The Hall–Kier alpha value is -7.02. The van der Waals surface area contributed by atoms with Crippen molar-refractivity contribution >= 4 is 35.5 Å². The molecule has 2 aliphatic heterocycles. The Morgan fingerprint density at radius 3 is 1.50 bits per heavy atom. The number of rotatable bonds is 9. The third-order valence-corrected chi connectivity index (χ3v) is 9.27. The van der Waals surface area contributed by atoms with Crippen LogP contribution in [0.1, 0.15) is 65.0 Å². The molecule has 17 nitrogen and oxygen atoms in total. The minimum Gasteiger partial charge on any atom is -0.478 e. The third kappa shape index (κ3) is 15.9. The van der Waals surface area contributed by atoms with Gasteiger partial charge in [-0.25, -0.2) is 28.0 Å². The predicted molar refractivity (Wildman–Crippen MR) is 220 cm³/mol. The lowest BCUT2D eigenvalue weighted by atomic mass is 10.1. The molecule has 19 heteroatoms. The number of nitrogens with zero attached hydrogens (tertiary/aromatic N) is 4. The van der Waals surface area contributed by atoms with Gasteiger partial charge in [-0.15, -0.1) is 0 Å². The largest absolute Gasteiger partial charge is 0.478 e. The number of benzene rings is 4. The lowest BCUT2D eigenvalue weighted by molar-refractivity contribution is -0.385. The van der Waals surface area contributed by atoms with Crippen LogP contribution >= 0.6 is 0 Å². The zero-order valence-corrected chi connectivity index (χ0v) is 32.7. The number of ether oxygens (including phenoxy) is 3. The van der Waals surface area contributed by atoms with Crippen LogP contribution in [0.4, 0.5) is 29.7 Å². The maximum atomic E-state index is 14.5. The molecular formula is C43H48F2N4O13. The fourth-order valence-electron chi connectivity index (χ4n) is 5.90. The highest BCUT2D eigenvalue weighted by molar-refractivity contribution is 5.90. The molecule has 0 radical (unpaired) electrons. The summed E-state index contributed by atoms with van der Waals surface area (Å²) in [6.45, 7) is 0.848. The smallest absolute Gasteiger partial charge is 0.410 e. The highest BCUT2D eigenvalue weighted by Gasteiger charge is 2.33. The number of nitro benzene ring substituents is 2. The molecule has 0 spiro atoms. The minimum absolute atomic E-state index is 0. The number of amides is 2. The third-order valence-electron chi connectivity index (χ3n) is 9.27. The lowest BCUT2D eigenvalue weighted by Crippen LogP contribution is -2.41. The molecule has 4 aromatic rings. The molecule has 0 aliphatic carbocycles. The average Bonchev–Trinajstić information content (AvgIpc) is 3.56. The normalized spacial score (nSPS) is 18.2. The number of nitro groups is 2. The van der Waals surface area contributed by atoms with Crippen molar-refractivity contribution < 1.29 is 62.2 Å². The van der Waals surface area contributed by atoms with E-state index < -0.39 is 58.5 Å². The van der Waals surface area contributed by atoms with Crippen molar-refractivity contribution in [3.05, 3.63) is 152 Å². The molecular weight excluding hydrogens is 818 g/mol. The summed E-state index contributed by atoms with van der Waals surface area (Å²) in [6, 6.07) is 28.0. The number of halogens is 2. The molecule has 62 heavy (non-hydrogen) atoms. The Balaban J connectivity index is 0.000000273. The number of aliphatic hydroxyl groups is 1. The van der Waals surface area contributed by atoms with Crippen LogP contribution in [0.5, 0.6) is 0 Å². The first-order chi connectivity index (χ1) is 29.2. The molecule has 2 N–H and O–H groups in total. The van der Waals surface area contributed by atoms with Gasteiger partial charge in [-0.3, -0.25) is 20.2 Å². The Labute approximate surface area is 355 Å². The quantitative estimate of drug-likeness (QED) is 0.0705. The molecule has 0 aromatic heterocycles. The minimum atomic E-state index is -1.43. The highest BCUT2D eigenvalue weighted by Crippen LogP contribution is 2.21. The van der Waals surface area contributed by atoms with Crippen LogP contribution < -0.4 is 0 Å². The molecule has 0 bridgehead atoms. The van der Waals surface area contributed by atoms with E-state index in [9.17, 15) is 53.3 Å². The standard InChI is InChI=1S/C21H21FN2O6.C14H18FNO3.C7H5NO4.CH4/c22-18-7-4-12-23(21(26)29-14-15-5-2-1-3-6-15)13-19(18)30-20(25)16-8-10-17(11-9-16)24(27)28;15-12-7-4-8-16(9-13(12)17)14(18)19-10-11-5-2-1-3-6-11;9-7(10)5-1-3-6(4-2-5)8(11)12;/h1-3,5-6,8-11,18-19H,4,7,12-14H2;1-3,5-6,12-13,17H,4,7-10H2;1-4H,(H,9,10);1H4/t18-,19+;12-,13-;;/m11../s1. The summed E-state index contributed by atoms with van der Waals surface area (Å²) in [5.74, 6) is -1.90. The molecule has 2 saturated heterocycles.